The molecule has 0 radical (unpaired) electrons. The maximum Gasteiger partial charge on any atom is 0.416 e. The minimum Gasteiger partial charge on any atom is -0.405 e. The van der Waals surface area contributed by atoms with Crippen molar-refractivity contribution in [3.8, 4) is 0 Å². The van der Waals surface area contributed by atoms with Gasteiger partial charge >= 0.3 is 12.4 Å². The van der Waals surface area contributed by atoms with Crippen LogP contribution in [0.5, 0.6) is 0 Å². The Morgan fingerprint density at radius 1 is 1.10 bits per heavy atom. The minimum atomic E-state index is -4.52. The highest BCUT2D eigenvalue weighted by atomic mass is 19.4. The number of halogens is 6. The molecular weight excluding hydrogens is 532 g/mol. The molecule has 1 saturated heterocycles. The molecule has 1 aromatic rings. The third-order valence-corrected chi connectivity index (χ3v) is 7.46. The topological polar surface area (TPSA) is 65.3 Å². The van der Waals surface area contributed by atoms with E-state index < -0.39 is 29.7 Å². The average molecular weight is 568 g/mol. The summed E-state index contributed by atoms with van der Waals surface area (Å²) in [5, 5.41) is 9.97. The Labute approximate surface area is 230 Å². The van der Waals surface area contributed by atoms with Gasteiger partial charge in [-0.2, -0.15) is 26.3 Å². The summed E-state index contributed by atoms with van der Waals surface area (Å²) >= 11 is 0. The number of nitrogens with one attached hydrogen (secondary N) is 3. The molecule has 218 valence electrons. The van der Waals surface area contributed by atoms with E-state index in [1.54, 1.807) is 12.2 Å². The second-order valence-corrected chi connectivity index (χ2v) is 10.2. The van der Waals surface area contributed by atoms with E-state index >= 15 is 0 Å². The zero-order valence-electron chi connectivity index (χ0n) is 22.2. The normalized spacial score (nSPS) is 24.6. The van der Waals surface area contributed by atoms with Gasteiger partial charge in [0.2, 0.25) is 0 Å². The van der Waals surface area contributed by atoms with Gasteiger partial charge in [0, 0.05) is 53.3 Å². The summed E-state index contributed by atoms with van der Waals surface area (Å²) in [4.78, 5) is 2.44. The van der Waals surface area contributed by atoms with Crippen LogP contribution in [0.25, 0.3) is 0 Å². The number of dihydropyridines is 1. The molecular formula is C29H35F6N5. The van der Waals surface area contributed by atoms with Crippen LogP contribution in [0.3, 0.4) is 0 Å². The Hall–Kier alpha value is -3.18. The first kappa shape index (κ1) is 29.8. The lowest BCUT2D eigenvalue weighted by Crippen LogP contribution is -2.56. The maximum absolute atomic E-state index is 13.6. The van der Waals surface area contributed by atoms with Crippen molar-refractivity contribution in [2.45, 2.75) is 69.6 Å². The predicted octanol–water partition coefficient (Wildman–Crippen LogP) is 6.33. The molecule has 0 aliphatic carbocycles. The number of alkyl halides is 6. The summed E-state index contributed by atoms with van der Waals surface area (Å²) in [6.07, 6.45) is 3.12. The first-order chi connectivity index (χ1) is 19.0. The molecule has 0 aromatic heterocycles. The van der Waals surface area contributed by atoms with Gasteiger partial charge in [-0.1, -0.05) is 25.5 Å². The molecule has 0 saturated carbocycles. The van der Waals surface area contributed by atoms with Crippen molar-refractivity contribution in [1.29, 1.82) is 0 Å². The van der Waals surface area contributed by atoms with E-state index in [4.69, 9.17) is 5.73 Å². The quantitative estimate of drug-likeness (QED) is 0.219. The molecule has 1 aromatic carbocycles. The van der Waals surface area contributed by atoms with Gasteiger partial charge in [-0.25, -0.2) is 0 Å². The molecule has 3 atom stereocenters. The molecule has 0 bridgehead atoms. The summed E-state index contributed by atoms with van der Waals surface area (Å²) in [7, 11) is 0. The Morgan fingerprint density at radius 2 is 1.85 bits per heavy atom. The van der Waals surface area contributed by atoms with E-state index in [0.29, 0.717) is 29.7 Å². The second-order valence-electron chi connectivity index (χ2n) is 10.2. The summed E-state index contributed by atoms with van der Waals surface area (Å²) < 4.78 is 80.0. The van der Waals surface area contributed by atoms with E-state index in [2.05, 4.69) is 27.8 Å². The third-order valence-electron chi connectivity index (χ3n) is 7.46. The van der Waals surface area contributed by atoms with E-state index in [1.807, 2.05) is 6.08 Å². The van der Waals surface area contributed by atoms with E-state index in [1.165, 1.54) is 18.6 Å². The highest BCUT2D eigenvalue weighted by Gasteiger charge is 2.36. The van der Waals surface area contributed by atoms with Crippen molar-refractivity contribution in [3.05, 3.63) is 88.9 Å². The molecule has 0 amide bonds. The zero-order chi connectivity index (χ0) is 28.9. The summed E-state index contributed by atoms with van der Waals surface area (Å²) in [5.41, 5.74) is 6.07. The number of fused-ring (bicyclic) bond motifs is 1. The lowest BCUT2D eigenvalue weighted by Gasteiger charge is -2.41. The number of hydrogen-bond donors (Lipinski definition) is 4. The van der Waals surface area contributed by atoms with Crippen molar-refractivity contribution in [1.82, 2.24) is 15.5 Å². The van der Waals surface area contributed by atoms with Gasteiger partial charge < -0.3 is 16.4 Å². The Morgan fingerprint density at radius 3 is 2.50 bits per heavy atom. The van der Waals surface area contributed by atoms with Gasteiger partial charge in [0.05, 0.1) is 5.56 Å². The van der Waals surface area contributed by atoms with Gasteiger partial charge in [-0.15, -0.1) is 0 Å². The largest absolute Gasteiger partial charge is 0.416 e. The van der Waals surface area contributed by atoms with Crippen LogP contribution in [0.1, 0.15) is 44.6 Å². The number of benzene rings is 1. The summed E-state index contributed by atoms with van der Waals surface area (Å²) in [5.74, 6) is 0. The minimum absolute atomic E-state index is 0.143. The third kappa shape index (κ3) is 7.51. The van der Waals surface area contributed by atoms with Crippen LogP contribution in [0, 0.1) is 0 Å². The van der Waals surface area contributed by atoms with Gasteiger partial charge in [-0.05, 0) is 74.5 Å². The number of rotatable bonds is 8. The van der Waals surface area contributed by atoms with Crippen LogP contribution in [0.15, 0.2) is 83.4 Å². The number of allylic oxidation sites excluding steroid dienone is 5. The molecule has 3 aliphatic heterocycles. The van der Waals surface area contributed by atoms with Crippen LogP contribution < -0.4 is 21.7 Å². The molecule has 5 N–H and O–H groups in total. The zero-order valence-corrected chi connectivity index (χ0v) is 22.2. The molecule has 40 heavy (non-hydrogen) atoms. The molecule has 3 aliphatic rings. The summed E-state index contributed by atoms with van der Waals surface area (Å²) in [6.45, 7) is 3.83. The number of hydrogen-bond acceptors (Lipinski definition) is 5. The monoisotopic (exact) mass is 567 g/mol. The predicted molar refractivity (Wildman–Crippen MR) is 145 cm³/mol. The number of likely N-dealkylation sites (tertiary alicyclic amines) is 1. The highest BCUT2D eigenvalue weighted by molar-refractivity contribution is 5.58. The van der Waals surface area contributed by atoms with Gasteiger partial charge in [0.1, 0.15) is 6.17 Å². The van der Waals surface area contributed by atoms with Gasteiger partial charge in [0.25, 0.3) is 0 Å². The molecule has 11 heteroatoms. The van der Waals surface area contributed by atoms with Crippen LogP contribution in [0.4, 0.5) is 32.0 Å². The lowest BCUT2D eigenvalue weighted by molar-refractivity contribution is -0.137. The molecule has 3 heterocycles. The van der Waals surface area contributed by atoms with Crippen molar-refractivity contribution < 1.29 is 26.3 Å². The van der Waals surface area contributed by atoms with Crippen molar-refractivity contribution >= 4 is 5.69 Å². The molecule has 5 nitrogen and oxygen atoms in total. The van der Waals surface area contributed by atoms with Gasteiger partial charge in [-0.3, -0.25) is 10.2 Å². The number of piperidine rings is 1. The van der Waals surface area contributed by atoms with Crippen molar-refractivity contribution in [2.24, 2.45) is 5.73 Å². The molecule has 1 fully saturated rings. The van der Waals surface area contributed by atoms with E-state index in [0.717, 1.165) is 61.9 Å². The van der Waals surface area contributed by atoms with Crippen LogP contribution in [-0.4, -0.2) is 42.4 Å². The van der Waals surface area contributed by atoms with Gasteiger partial charge in [0.15, 0.2) is 0 Å². The maximum atomic E-state index is 13.6. The van der Waals surface area contributed by atoms with Crippen molar-refractivity contribution in [2.75, 3.05) is 18.4 Å². The number of nitrogens with zero attached hydrogens (tertiary/aromatic N) is 1. The van der Waals surface area contributed by atoms with Crippen LogP contribution in [0.2, 0.25) is 0 Å². The molecule has 3 unspecified atom stereocenters. The van der Waals surface area contributed by atoms with E-state index in [9.17, 15) is 26.3 Å². The Kier molecular flexibility index (Phi) is 9.35. The SMILES string of the molecule is CCC1CCCCN1CC1C=C(Nc2ccc(C(F)(F)F)cc2)C2=CC=C(C/C(=C\C=C/N)C(F)(F)F)NC2N1. The number of anilines is 1. The first-order valence-corrected chi connectivity index (χ1v) is 13.5. The standard InChI is InChI=1S/C29H35F6N5/c1-2-24-7-3-4-15-40(24)18-23-17-26(37-21-10-8-19(9-11-21)28(30,31)32)25-13-12-22(38-27(25)39-23)16-20(6-5-14-36)29(33,34)35/h5-6,8-14,17,23-24,27,37-39H,2-4,7,15-16,18,36H2,1H3/b14-5-,20-6+. The summed E-state index contributed by atoms with van der Waals surface area (Å²) in [6, 6.07) is 5.09. The second kappa shape index (κ2) is 12.6. The van der Waals surface area contributed by atoms with Crippen LogP contribution in [-0.2, 0) is 6.18 Å². The Bertz CT molecular complexity index is 1180. The highest BCUT2D eigenvalue weighted by Crippen LogP contribution is 2.34. The fourth-order valence-corrected chi connectivity index (χ4v) is 5.41. The molecule has 4 rings (SSSR count). The fraction of sp³-hybridized carbons (Fsp3) is 0.448. The Balaban J connectivity index is 1.60. The van der Waals surface area contributed by atoms with Crippen molar-refractivity contribution in [3.63, 3.8) is 0 Å². The van der Waals surface area contributed by atoms with Crippen LogP contribution >= 0.6 is 0 Å². The number of nitrogens with two attached hydrogens (primary N) is 1. The van der Waals surface area contributed by atoms with E-state index in [-0.39, 0.29) is 12.5 Å². The lowest BCUT2D eigenvalue weighted by atomic mass is 9.94. The smallest absolute Gasteiger partial charge is 0.405 e. The molecule has 0 spiro atoms. The first-order valence-electron chi connectivity index (χ1n) is 13.5. The fourth-order valence-electron chi connectivity index (χ4n) is 5.41. The average Bonchev–Trinajstić information content (AvgIpc) is 2.90.